The molecule has 0 aromatic carbocycles. The van der Waals surface area contributed by atoms with Gasteiger partial charge in [-0.3, -0.25) is 4.79 Å². The Balaban J connectivity index is 3.62. The highest BCUT2D eigenvalue weighted by atomic mass is 16.4. The maximum Gasteiger partial charge on any atom is 0.404 e. The minimum absolute atomic E-state index is 0.148. The molecule has 5 heteroatoms. The Bertz CT molecular complexity index is 199. The van der Waals surface area contributed by atoms with Crippen LogP contribution < -0.4 is 5.32 Å². The molecule has 68 valence electrons. The second-order valence-corrected chi connectivity index (χ2v) is 2.32. The number of rotatable bonds is 3. The van der Waals surface area contributed by atoms with Crippen LogP contribution in [0.4, 0.5) is 4.79 Å². The summed E-state index contributed by atoms with van der Waals surface area (Å²) in [6.07, 6.45) is 1.67. The van der Waals surface area contributed by atoms with Gasteiger partial charge in [0.1, 0.15) is 0 Å². The van der Waals surface area contributed by atoms with E-state index in [9.17, 15) is 9.59 Å². The number of amides is 2. The highest BCUT2D eigenvalue weighted by Gasteiger charge is 1.95. The van der Waals surface area contributed by atoms with Gasteiger partial charge in [0.25, 0.3) is 0 Å². The Morgan fingerprint density at radius 3 is 2.50 bits per heavy atom. The van der Waals surface area contributed by atoms with Crippen molar-refractivity contribution in [2.24, 2.45) is 0 Å². The minimum Gasteiger partial charge on any atom is -0.465 e. The molecule has 5 nitrogen and oxygen atoms in total. The molecule has 0 aromatic rings. The van der Waals surface area contributed by atoms with Crippen LogP contribution in [-0.4, -0.2) is 42.6 Å². The molecule has 0 radical (unpaired) electrons. The molecule has 0 aliphatic rings. The maximum atomic E-state index is 10.9. The molecule has 0 rings (SSSR count). The standard InChI is InChI=1S/C7H12N2O3/c1-9(2)6(10)4-3-5-8-7(11)12/h3-4,8H,5H2,1-2H3,(H,11,12)/b4-3+. The normalized spacial score (nSPS) is 9.83. The van der Waals surface area contributed by atoms with Gasteiger partial charge in [0.15, 0.2) is 0 Å². The fourth-order valence-electron chi connectivity index (χ4n) is 0.455. The molecule has 2 N–H and O–H groups in total. The molecular weight excluding hydrogens is 160 g/mol. The zero-order valence-electron chi connectivity index (χ0n) is 7.07. The number of carbonyl (C=O) groups excluding carboxylic acids is 1. The zero-order valence-corrected chi connectivity index (χ0v) is 7.07. The predicted molar refractivity (Wildman–Crippen MR) is 43.9 cm³/mol. The third-order valence-electron chi connectivity index (χ3n) is 1.07. The smallest absolute Gasteiger partial charge is 0.404 e. The van der Waals surface area contributed by atoms with E-state index in [1.165, 1.54) is 17.1 Å². The average Bonchev–Trinajstić information content (AvgIpc) is 1.97. The van der Waals surface area contributed by atoms with Crippen molar-refractivity contribution in [3.8, 4) is 0 Å². The zero-order chi connectivity index (χ0) is 9.56. The van der Waals surface area contributed by atoms with E-state index in [0.29, 0.717) is 0 Å². The summed E-state index contributed by atoms with van der Waals surface area (Å²) >= 11 is 0. The summed E-state index contributed by atoms with van der Waals surface area (Å²) < 4.78 is 0. The third-order valence-corrected chi connectivity index (χ3v) is 1.07. The van der Waals surface area contributed by atoms with Crippen LogP contribution in [0.3, 0.4) is 0 Å². The van der Waals surface area contributed by atoms with Crippen LogP contribution >= 0.6 is 0 Å². The van der Waals surface area contributed by atoms with Crippen molar-refractivity contribution in [3.63, 3.8) is 0 Å². The van der Waals surface area contributed by atoms with E-state index < -0.39 is 6.09 Å². The molecule has 0 atom stereocenters. The predicted octanol–water partition coefficient (Wildman–Crippen LogP) is -0.102. The van der Waals surface area contributed by atoms with Crippen LogP contribution in [0.25, 0.3) is 0 Å². The molecule has 2 amide bonds. The van der Waals surface area contributed by atoms with E-state index in [0.717, 1.165) is 0 Å². The van der Waals surface area contributed by atoms with E-state index in [2.05, 4.69) is 5.32 Å². The molecule has 0 aliphatic heterocycles. The molecule has 0 bridgehead atoms. The van der Waals surface area contributed by atoms with Crippen LogP contribution in [0.15, 0.2) is 12.2 Å². The lowest BCUT2D eigenvalue weighted by atomic mass is 10.4. The summed E-state index contributed by atoms with van der Waals surface area (Å²) in [6, 6.07) is 0. The fourth-order valence-corrected chi connectivity index (χ4v) is 0.455. The van der Waals surface area contributed by atoms with Crippen molar-refractivity contribution in [2.75, 3.05) is 20.6 Å². The summed E-state index contributed by atoms with van der Waals surface area (Å²) in [7, 11) is 3.24. The highest BCUT2D eigenvalue weighted by Crippen LogP contribution is 1.80. The Kier molecular flexibility index (Phi) is 4.52. The summed E-state index contributed by atoms with van der Waals surface area (Å²) in [4.78, 5) is 22.2. The molecular formula is C7H12N2O3. The van der Waals surface area contributed by atoms with Gasteiger partial charge in [0.2, 0.25) is 5.91 Å². The molecule has 0 fully saturated rings. The molecule has 12 heavy (non-hydrogen) atoms. The van der Waals surface area contributed by atoms with Gasteiger partial charge < -0.3 is 15.3 Å². The van der Waals surface area contributed by atoms with Crippen molar-refractivity contribution >= 4 is 12.0 Å². The monoisotopic (exact) mass is 172 g/mol. The summed E-state index contributed by atoms with van der Waals surface area (Å²) in [5, 5.41) is 10.2. The first kappa shape index (κ1) is 10.5. The van der Waals surface area contributed by atoms with Gasteiger partial charge in [0.05, 0.1) is 0 Å². The lowest BCUT2D eigenvalue weighted by Crippen LogP contribution is -2.22. The van der Waals surface area contributed by atoms with Crippen LogP contribution in [0, 0.1) is 0 Å². The highest BCUT2D eigenvalue weighted by molar-refractivity contribution is 5.87. The molecule has 0 heterocycles. The summed E-state index contributed by atoms with van der Waals surface area (Å²) in [5.74, 6) is -0.165. The number of carbonyl (C=O) groups is 2. The van der Waals surface area contributed by atoms with Crippen molar-refractivity contribution < 1.29 is 14.7 Å². The molecule has 0 spiro atoms. The van der Waals surface area contributed by atoms with E-state index in [1.54, 1.807) is 14.1 Å². The second kappa shape index (κ2) is 5.17. The average molecular weight is 172 g/mol. The van der Waals surface area contributed by atoms with E-state index in [1.807, 2.05) is 0 Å². The van der Waals surface area contributed by atoms with Crippen LogP contribution in [-0.2, 0) is 4.79 Å². The maximum absolute atomic E-state index is 10.9. The van der Waals surface area contributed by atoms with Gasteiger partial charge in [-0.2, -0.15) is 0 Å². The Morgan fingerprint density at radius 1 is 1.50 bits per heavy atom. The Labute approximate surface area is 70.7 Å². The van der Waals surface area contributed by atoms with Gasteiger partial charge >= 0.3 is 6.09 Å². The topological polar surface area (TPSA) is 69.6 Å². The lowest BCUT2D eigenvalue weighted by Gasteiger charge is -2.04. The van der Waals surface area contributed by atoms with E-state index in [-0.39, 0.29) is 12.5 Å². The van der Waals surface area contributed by atoms with Gasteiger partial charge in [0, 0.05) is 26.7 Å². The summed E-state index contributed by atoms with van der Waals surface area (Å²) in [6.45, 7) is 0.148. The van der Waals surface area contributed by atoms with Crippen LogP contribution in [0.5, 0.6) is 0 Å². The van der Waals surface area contributed by atoms with Crippen molar-refractivity contribution in [2.45, 2.75) is 0 Å². The molecule has 0 saturated carbocycles. The number of nitrogens with one attached hydrogen (secondary N) is 1. The van der Waals surface area contributed by atoms with Gasteiger partial charge in [-0.1, -0.05) is 6.08 Å². The fraction of sp³-hybridized carbons (Fsp3) is 0.429. The number of nitrogens with zero attached hydrogens (tertiary/aromatic N) is 1. The first-order valence-electron chi connectivity index (χ1n) is 3.38. The quantitative estimate of drug-likeness (QED) is 0.584. The third kappa shape index (κ3) is 5.28. The van der Waals surface area contributed by atoms with E-state index in [4.69, 9.17) is 5.11 Å². The largest absolute Gasteiger partial charge is 0.465 e. The molecule has 0 aromatic heterocycles. The van der Waals surface area contributed by atoms with Gasteiger partial charge in [-0.05, 0) is 0 Å². The SMILES string of the molecule is CN(C)C(=O)/C=C/CNC(=O)O. The van der Waals surface area contributed by atoms with Crippen LogP contribution in [0.1, 0.15) is 0 Å². The van der Waals surface area contributed by atoms with Crippen molar-refractivity contribution in [3.05, 3.63) is 12.2 Å². The molecule has 0 unspecified atom stereocenters. The number of carboxylic acid groups (broad SMARTS) is 1. The summed E-state index contributed by atoms with van der Waals surface area (Å²) in [5.41, 5.74) is 0. The van der Waals surface area contributed by atoms with Crippen molar-refractivity contribution in [1.82, 2.24) is 10.2 Å². The van der Waals surface area contributed by atoms with Crippen molar-refractivity contribution in [1.29, 1.82) is 0 Å². The number of likely N-dealkylation sites (N-methyl/N-ethyl adjacent to an activating group) is 1. The first-order valence-corrected chi connectivity index (χ1v) is 3.38. The van der Waals surface area contributed by atoms with E-state index >= 15 is 0 Å². The Morgan fingerprint density at radius 2 is 2.08 bits per heavy atom. The second-order valence-electron chi connectivity index (χ2n) is 2.32. The van der Waals surface area contributed by atoms with Crippen LogP contribution in [0.2, 0.25) is 0 Å². The number of hydrogen-bond acceptors (Lipinski definition) is 2. The molecule has 0 saturated heterocycles. The minimum atomic E-state index is -1.10. The molecule has 0 aliphatic carbocycles. The Hall–Kier alpha value is -1.52. The first-order chi connectivity index (χ1) is 5.54. The van der Waals surface area contributed by atoms with Gasteiger partial charge in [-0.15, -0.1) is 0 Å². The number of hydrogen-bond donors (Lipinski definition) is 2. The lowest BCUT2D eigenvalue weighted by molar-refractivity contribution is -0.123. The van der Waals surface area contributed by atoms with Gasteiger partial charge in [-0.25, -0.2) is 4.79 Å².